The Morgan fingerprint density at radius 2 is 1.73 bits per heavy atom. The first kappa shape index (κ1) is 22.5. The molecule has 0 saturated carbocycles. The summed E-state index contributed by atoms with van der Waals surface area (Å²) in [5, 5.41) is 0. The molecule has 6 heteroatoms. The van der Waals surface area contributed by atoms with Crippen molar-refractivity contribution in [3.63, 3.8) is 0 Å². The topological polar surface area (TPSA) is 57.2 Å². The van der Waals surface area contributed by atoms with E-state index >= 15 is 0 Å². The summed E-state index contributed by atoms with van der Waals surface area (Å²) in [6, 6.07) is 21.9. The minimum atomic E-state index is 0.0216. The van der Waals surface area contributed by atoms with Gasteiger partial charge in [0, 0.05) is 31.5 Å². The van der Waals surface area contributed by atoms with Gasteiger partial charge in [0.15, 0.2) is 11.5 Å². The van der Waals surface area contributed by atoms with Crippen LogP contribution in [0.15, 0.2) is 66.7 Å². The number of nitrogens with zero attached hydrogens (tertiary/aromatic N) is 1. The predicted molar refractivity (Wildman–Crippen MR) is 126 cm³/mol. The second-order valence-electron chi connectivity index (χ2n) is 7.98. The Morgan fingerprint density at radius 1 is 0.970 bits per heavy atom. The molecule has 1 heterocycles. The van der Waals surface area contributed by atoms with Crippen molar-refractivity contribution >= 4 is 5.91 Å². The normalized spacial score (nSPS) is 12.8. The molecular formula is C27H29NO5. The third-order valence-electron chi connectivity index (χ3n) is 5.98. The Labute approximate surface area is 194 Å². The van der Waals surface area contributed by atoms with E-state index in [0.29, 0.717) is 13.1 Å². The Hall–Kier alpha value is -3.67. The minimum absolute atomic E-state index is 0.0216. The van der Waals surface area contributed by atoms with Crippen molar-refractivity contribution in [2.45, 2.75) is 25.8 Å². The summed E-state index contributed by atoms with van der Waals surface area (Å²) in [4.78, 5) is 14.3. The number of hydrogen-bond donors (Lipinski definition) is 0. The zero-order chi connectivity index (χ0) is 23.2. The fourth-order valence-corrected chi connectivity index (χ4v) is 4.17. The first-order valence-electron chi connectivity index (χ1n) is 11.0. The van der Waals surface area contributed by atoms with Crippen molar-refractivity contribution in [2.75, 3.05) is 27.6 Å². The van der Waals surface area contributed by atoms with E-state index in [2.05, 4.69) is 12.1 Å². The van der Waals surface area contributed by atoms with E-state index in [-0.39, 0.29) is 18.6 Å². The van der Waals surface area contributed by atoms with Crippen LogP contribution in [-0.4, -0.2) is 38.4 Å². The predicted octanol–water partition coefficient (Wildman–Crippen LogP) is 5.00. The number of rotatable bonds is 9. The van der Waals surface area contributed by atoms with Gasteiger partial charge < -0.3 is 23.8 Å². The lowest BCUT2D eigenvalue weighted by molar-refractivity contribution is -0.129. The molecule has 0 radical (unpaired) electrons. The smallest absolute Gasteiger partial charge is 0.231 e. The fourth-order valence-electron chi connectivity index (χ4n) is 4.17. The molecule has 3 aromatic carbocycles. The molecule has 0 aliphatic carbocycles. The van der Waals surface area contributed by atoms with Gasteiger partial charge in [-0.05, 0) is 47.9 Å². The van der Waals surface area contributed by atoms with Gasteiger partial charge in [-0.2, -0.15) is 0 Å². The second-order valence-corrected chi connectivity index (χ2v) is 7.98. The van der Waals surface area contributed by atoms with Crippen LogP contribution in [0.1, 0.15) is 36.0 Å². The molecule has 1 aliphatic heterocycles. The Morgan fingerprint density at radius 3 is 2.45 bits per heavy atom. The van der Waals surface area contributed by atoms with Crippen LogP contribution in [0.3, 0.4) is 0 Å². The molecule has 0 N–H and O–H groups in total. The van der Waals surface area contributed by atoms with Crippen LogP contribution < -0.4 is 18.9 Å². The van der Waals surface area contributed by atoms with Crippen LogP contribution in [0, 0.1) is 0 Å². The quantitative estimate of drug-likeness (QED) is 0.462. The van der Waals surface area contributed by atoms with E-state index in [0.717, 1.165) is 46.1 Å². The number of carbonyl (C=O) groups excluding carboxylic acids is 1. The molecule has 0 fully saturated rings. The van der Waals surface area contributed by atoms with Crippen molar-refractivity contribution in [3.8, 4) is 23.0 Å². The van der Waals surface area contributed by atoms with Crippen LogP contribution in [0.25, 0.3) is 0 Å². The minimum Gasteiger partial charge on any atom is -0.497 e. The number of carbonyl (C=O) groups is 1. The summed E-state index contributed by atoms with van der Waals surface area (Å²) in [5.41, 5.74) is 3.23. The number of methoxy groups -OCH3 is 2. The largest absolute Gasteiger partial charge is 0.497 e. The maximum Gasteiger partial charge on any atom is 0.231 e. The number of benzene rings is 3. The third-order valence-corrected chi connectivity index (χ3v) is 5.98. The highest BCUT2D eigenvalue weighted by Gasteiger charge is 2.23. The van der Waals surface area contributed by atoms with Gasteiger partial charge in [-0.3, -0.25) is 4.79 Å². The van der Waals surface area contributed by atoms with Crippen molar-refractivity contribution < 1.29 is 23.7 Å². The Bertz CT molecular complexity index is 1100. The maximum atomic E-state index is 12.5. The molecule has 6 nitrogen and oxygen atoms in total. The zero-order valence-electron chi connectivity index (χ0n) is 19.2. The highest BCUT2D eigenvalue weighted by Crippen LogP contribution is 2.40. The molecule has 4 rings (SSSR count). The molecule has 172 valence electrons. The third kappa shape index (κ3) is 5.22. The molecule has 33 heavy (non-hydrogen) atoms. The van der Waals surface area contributed by atoms with E-state index in [1.54, 1.807) is 21.1 Å². The highest BCUT2D eigenvalue weighted by atomic mass is 16.7. The molecule has 1 atom stereocenters. The summed E-state index contributed by atoms with van der Waals surface area (Å²) in [6.07, 6.45) is 0.732. The average molecular weight is 448 g/mol. The van der Waals surface area contributed by atoms with E-state index in [1.165, 1.54) is 0 Å². The van der Waals surface area contributed by atoms with Gasteiger partial charge in [-0.25, -0.2) is 0 Å². The lowest BCUT2D eigenvalue weighted by atomic mass is 9.87. The first-order valence-corrected chi connectivity index (χ1v) is 11.0. The summed E-state index contributed by atoms with van der Waals surface area (Å²) in [7, 11) is 3.33. The highest BCUT2D eigenvalue weighted by molar-refractivity contribution is 5.73. The first-order chi connectivity index (χ1) is 16.1. The molecule has 1 aliphatic rings. The number of fused-ring (bicyclic) bond motifs is 1. The number of para-hydroxylation sites is 1. The van der Waals surface area contributed by atoms with Crippen molar-refractivity contribution in [3.05, 3.63) is 83.4 Å². The van der Waals surface area contributed by atoms with Gasteiger partial charge in [0.2, 0.25) is 12.7 Å². The van der Waals surface area contributed by atoms with Gasteiger partial charge in [0.1, 0.15) is 11.5 Å². The fraction of sp³-hybridized carbons (Fsp3) is 0.296. The number of ether oxygens (including phenoxy) is 4. The van der Waals surface area contributed by atoms with Crippen LogP contribution in [0.4, 0.5) is 0 Å². The lowest BCUT2D eigenvalue weighted by Crippen LogP contribution is -2.30. The lowest BCUT2D eigenvalue weighted by Gasteiger charge is -2.26. The Balaban J connectivity index is 1.59. The second kappa shape index (κ2) is 10.3. The average Bonchev–Trinajstić information content (AvgIpc) is 3.32. The van der Waals surface area contributed by atoms with Crippen molar-refractivity contribution in [2.24, 2.45) is 0 Å². The monoisotopic (exact) mass is 447 g/mol. The van der Waals surface area contributed by atoms with Crippen LogP contribution in [0.2, 0.25) is 0 Å². The summed E-state index contributed by atoms with van der Waals surface area (Å²) in [5.74, 6) is 3.18. The van der Waals surface area contributed by atoms with Crippen LogP contribution in [-0.2, 0) is 11.3 Å². The molecule has 1 amide bonds. The molecule has 0 unspecified atom stereocenters. The standard InChI is InChI=1S/C27H29NO5/c1-19(29)28(17-20-8-11-22(30-2)12-9-20)15-14-23(24-6-4-5-7-25(24)31-3)21-10-13-26-27(16-21)33-18-32-26/h4-13,16,23H,14-15,17-18H2,1-3H3/t23-/m0/s1. The summed E-state index contributed by atoms with van der Waals surface area (Å²) < 4.78 is 22.0. The number of amides is 1. The summed E-state index contributed by atoms with van der Waals surface area (Å²) >= 11 is 0. The molecule has 0 spiro atoms. The summed E-state index contributed by atoms with van der Waals surface area (Å²) in [6.45, 7) is 2.98. The molecule has 3 aromatic rings. The SMILES string of the molecule is COc1ccc(CN(CC[C@@H](c2ccc3c(c2)OCO3)c2ccccc2OC)C(C)=O)cc1. The Kier molecular flexibility index (Phi) is 7.03. The van der Waals surface area contributed by atoms with Gasteiger partial charge in [-0.1, -0.05) is 36.4 Å². The van der Waals surface area contributed by atoms with E-state index in [1.807, 2.05) is 59.5 Å². The molecule has 0 aromatic heterocycles. The van der Waals surface area contributed by atoms with Crippen LogP contribution >= 0.6 is 0 Å². The van der Waals surface area contributed by atoms with Gasteiger partial charge in [0.05, 0.1) is 14.2 Å². The van der Waals surface area contributed by atoms with Gasteiger partial charge >= 0.3 is 0 Å². The molecule has 0 saturated heterocycles. The van der Waals surface area contributed by atoms with Crippen LogP contribution in [0.5, 0.6) is 23.0 Å². The van der Waals surface area contributed by atoms with Crippen molar-refractivity contribution in [1.82, 2.24) is 4.90 Å². The van der Waals surface area contributed by atoms with E-state index in [9.17, 15) is 4.79 Å². The van der Waals surface area contributed by atoms with Crippen molar-refractivity contribution in [1.29, 1.82) is 0 Å². The molecule has 0 bridgehead atoms. The van der Waals surface area contributed by atoms with Gasteiger partial charge in [-0.15, -0.1) is 0 Å². The number of hydrogen-bond acceptors (Lipinski definition) is 5. The van der Waals surface area contributed by atoms with E-state index < -0.39 is 0 Å². The molecular weight excluding hydrogens is 418 g/mol. The zero-order valence-corrected chi connectivity index (χ0v) is 19.2. The van der Waals surface area contributed by atoms with Gasteiger partial charge in [0.25, 0.3) is 0 Å². The van der Waals surface area contributed by atoms with E-state index in [4.69, 9.17) is 18.9 Å². The maximum absolute atomic E-state index is 12.5.